The Morgan fingerprint density at radius 2 is 2.12 bits per heavy atom. The van der Waals surface area contributed by atoms with Gasteiger partial charge in [-0.15, -0.1) is 0 Å². The average molecular weight is 355 g/mol. The van der Waals surface area contributed by atoms with Crippen LogP contribution in [-0.4, -0.2) is 36.8 Å². The first-order valence-corrected chi connectivity index (χ1v) is 8.87. The number of β-amino-alcohol motifs (C(OH)–C–C–N with tert-alkyl or cyclic N) is 1. The number of aliphatic hydroxyl groups excluding tert-OH is 1. The van der Waals surface area contributed by atoms with Crippen molar-refractivity contribution >= 4 is 11.0 Å². The molecule has 26 heavy (non-hydrogen) atoms. The van der Waals surface area contributed by atoms with E-state index in [-0.39, 0.29) is 5.82 Å². The zero-order chi connectivity index (χ0) is 18.1. The van der Waals surface area contributed by atoms with Gasteiger partial charge in [0.2, 0.25) is 0 Å². The van der Waals surface area contributed by atoms with E-state index in [1.807, 2.05) is 24.3 Å². The Morgan fingerprint density at radius 3 is 2.96 bits per heavy atom. The third-order valence-electron chi connectivity index (χ3n) is 5.04. The van der Waals surface area contributed by atoms with Crippen LogP contribution in [0.4, 0.5) is 4.39 Å². The van der Waals surface area contributed by atoms with Crippen molar-refractivity contribution in [3.63, 3.8) is 0 Å². The van der Waals surface area contributed by atoms with Gasteiger partial charge < -0.3 is 14.3 Å². The predicted molar refractivity (Wildman–Crippen MR) is 98.0 cm³/mol. The van der Waals surface area contributed by atoms with E-state index in [9.17, 15) is 9.50 Å². The standard InChI is InChI=1S/C21H22FNO3/c1-25-17-3-4-19-14(11-17)6-8-23(13-20(19)24)9-7-18-12-15-10-16(22)2-5-21(15)26-18/h2-5,10-12,20,24H,6-9,13H2,1H3. The molecule has 0 spiro atoms. The van der Waals surface area contributed by atoms with Gasteiger partial charge in [-0.2, -0.15) is 0 Å². The molecule has 1 N–H and O–H groups in total. The zero-order valence-electron chi connectivity index (χ0n) is 14.7. The molecule has 136 valence electrons. The normalized spacial score (nSPS) is 17.9. The van der Waals surface area contributed by atoms with E-state index in [2.05, 4.69) is 4.90 Å². The molecule has 2 aromatic carbocycles. The summed E-state index contributed by atoms with van der Waals surface area (Å²) >= 11 is 0. The summed E-state index contributed by atoms with van der Waals surface area (Å²) in [4.78, 5) is 2.24. The van der Waals surface area contributed by atoms with Gasteiger partial charge in [0.25, 0.3) is 0 Å². The van der Waals surface area contributed by atoms with E-state index in [1.165, 1.54) is 12.1 Å². The molecule has 0 bridgehead atoms. The first-order valence-electron chi connectivity index (χ1n) is 8.87. The lowest BCUT2D eigenvalue weighted by atomic mass is 10.0. The van der Waals surface area contributed by atoms with Crippen LogP contribution in [0.25, 0.3) is 11.0 Å². The summed E-state index contributed by atoms with van der Waals surface area (Å²) < 4.78 is 24.4. The van der Waals surface area contributed by atoms with Crippen LogP contribution in [0.2, 0.25) is 0 Å². The van der Waals surface area contributed by atoms with Gasteiger partial charge in [0.15, 0.2) is 0 Å². The Morgan fingerprint density at radius 1 is 1.23 bits per heavy atom. The lowest BCUT2D eigenvalue weighted by Crippen LogP contribution is -2.30. The van der Waals surface area contributed by atoms with Crippen molar-refractivity contribution in [2.75, 3.05) is 26.7 Å². The fourth-order valence-corrected chi connectivity index (χ4v) is 3.63. The summed E-state index contributed by atoms with van der Waals surface area (Å²) in [5, 5.41) is 11.4. The van der Waals surface area contributed by atoms with E-state index in [0.29, 0.717) is 12.1 Å². The highest BCUT2D eigenvalue weighted by Gasteiger charge is 2.22. The number of methoxy groups -OCH3 is 1. The summed E-state index contributed by atoms with van der Waals surface area (Å²) in [5.41, 5.74) is 2.82. The second-order valence-corrected chi connectivity index (χ2v) is 6.78. The van der Waals surface area contributed by atoms with Gasteiger partial charge in [-0.25, -0.2) is 4.39 Å². The first-order chi connectivity index (χ1) is 12.6. The number of hydrogen-bond donors (Lipinski definition) is 1. The summed E-state index contributed by atoms with van der Waals surface area (Å²) in [6.07, 6.45) is 1.08. The minimum absolute atomic E-state index is 0.256. The number of furan rings is 1. The van der Waals surface area contributed by atoms with Crippen molar-refractivity contribution < 1.29 is 18.7 Å². The molecule has 1 unspecified atom stereocenters. The fraction of sp³-hybridized carbons (Fsp3) is 0.333. The number of nitrogens with zero attached hydrogens (tertiary/aromatic N) is 1. The molecule has 0 amide bonds. The quantitative estimate of drug-likeness (QED) is 0.775. The number of fused-ring (bicyclic) bond motifs is 2. The highest BCUT2D eigenvalue weighted by Crippen LogP contribution is 2.27. The molecule has 4 rings (SSSR count). The molecule has 0 saturated carbocycles. The highest BCUT2D eigenvalue weighted by atomic mass is 19.1. The van der Waals surface area contributed by atoms with Crippen molar-refractivity contribution in [2.24, 2.45) is 0 Å². The van der Waals surface area contributed by atoms with Crippen molar-refractivity contribution in [1.29, 1.82) is 0 Å². The Labute approximate surface area is 151 Å². The molecule has 1 atom stereocenters. The second-order valence-electron chi connectivity index (χ2n) is 6.78. The van der Waals surface area contributed by atoms with Gasteiger partial charge in [0.1, 0.15) is 22.9 Å². The molecule has 0 aliphatic carbocycles. The maximum absolute atomic E-state index is 13.3. The summed E-state index contributed by atoms with van der Waals surface area (Å²) in [6, 6.07) is 12.3. The Balaban J connectivity index is 1.44. The maximum atomic E-state index is 13.3. The smallest absolute Gasteiger partial charge is 0.134 e. The molecular formula is C21H22FNO3. The Kier molecular flexibility index (Phi) is 4.66. The van der Waals surface area contributed by atoms with Crippen LogP contribution >= 0.6 is 0 Å². The summed E-state index contributed by atoms with van der Waals surface area (Å²) in [7, 11) is 1.65. The van der Waals surface area contributed by atoms with Crippen LogP contribution in [0.1, 0.15) is 23.0 Å². The minimum Gasteiger partial charge on any atom is -0.497 e. The summed E-state index contributed by atoms with van der Waals surface area (Å²) in [6.45, 7) is 2.24. The van der Waals surface area contributed by atoms with Gasteiger partial charge in [0, 0.05) is 31.4 Å². The van der Waals surface area contributed by atoms with Crippen LogP contribution in [0, 0.1) is 5.82 Å². The SMILES string of the molecule is COc1ccc2c(c1)CCN(CCc1cc3cc(F)ccc3o1)CC2O. The van der Waals surface area contributed by atoms with Gasteiger partial charge in [-0.1, -0.05) is 6.07 Å². The molecule has 2 heterocycles. The van der Waals surface area contributed by atoms with E-state index >= 15 is 0 Å². The van der Waals surface area contributed by atoms with Gasteiger partial charge >= 0.3 is 0 Å². The predicted octanol–water partition coefficient (Wildman–Crippen LogP) is 3.71. The average Bonchev–Trinajstić information content (AvgIpc) is 2.97. The van der Waals surface area contributed by atoms with E-state index in [0.717, 1.165) is 54.0 Å². The molecule has 1 aliphatic heterocycles. The molecule has 5 heteroatoms. The number of halogens is 1. The molecule has 0 fully saturated rings. The number of hydrogen-bond acceptors (Lipinski definition) is 4. The molecule has 1 aliphatic rings. The van der Waals surface area contributed by atoms with Crippen LogP contribution in [0.3, 0.4) is 0 Å². The molecular weight excluding hydrogens is 333 g/mol. The van der Waals surface area contributed by atoms with Crippen LogP contribution in [0.15, 0.2) is 46.9 Å². The Hall–Kier alpha value is -2.37. The topological polar surface area (TPSA) is 45.8 Å². The van der Waals surface area contributed by atoms with Gasteiger partial charge in [-0.05, 0) is 53.9 Å². The number of ether oxygens (including phenoxy) is 1. The fourth-order valence-electron chi connectivity index (χ4n) is 3.63. The molecule has 0 radical (unpaired) electrons. The van der Waals surface area contributed by atoms with Gasteiger partial charge in [-0.3, -0.25) is 4.90 Å². The van der Waals surface area contributed by atoms with Crippen LogP contribution < -0.4 is 4.74 Å². The highest BCUT2D eigenvalue weighted by molar-refractivity contribution is 5.77. The Bertz CT molecular complexity index is 921. The number of rotatable bonds is 4. The monoisotopic (exact) mass is 355 g/mol. The van der Waals surface area contributed by atoms with Crippen molar-refractivity contribution in [1.82, 2.24) is 4.90 Å². The third kappa shape index (κ3) is 3.45. The van der Waals surface area contributed by atoms with E-state index < -0.39 is 6.10 Å². The molecule has 3 aromatic rings. The maximum Gasteiger partial charge on any atom is 0.134 e. The largest absolute Gasteiger partial charge is 0.497 e. The lowest BCUT2D eigenvalue weighted by Gasteiger charge is -2.21. The first kappa shape index (κ1) is 17.1. The lowest BCUT2D eigenvalue weighted by molar-refractivity contribution is 0.120. The second kappa shape index (κ2) is 7.09. The number of aliphatic hydroxyl groups is 1. The number of benzene rings is 2. The van der Waals surface area contributed by atoms with Crippen LogP contribution in [0.5, 0.6) is 5.75 Å². The molecule has 1 aromatic heterocycles. The molecule has 4 nitrogen and oxygen atoms in total. The van der Waals surface area contributed by atoms with Crippen molar-refractivity contribution in [2.45, 2.75) is 18.9 Å². The van der Waals surface area contributed by atoms with Crippen molar-refractivity contribution in [3.8, 4) is 5.75 Å². The van der Waals surface area contributed by atoms with E-state index in [1.54, 1.807) is 13.2 Å². The third-order valence-corrected chi connectivity index (χ3v) is 5.04. The van der Waals surface area contributed by atoms with Crippen molar-refractivity contribution in [3.05, 3.63) is 65.2 Å². The van der Waals surface area contributed by atoms with Crippen LogP contribution in [-0.2, 0) is 12.8 Å². The van der Waals surface area contributed by atoms with E-state index in [4.69, 9.17) is 9.15 Å². The van der Waals surface area contributed by atoms with Gasteiger partial charge in [0.05, 0.1) is 13.2 Å². The zero-order valence-corrected chi connectivity index (χ0v) is 14.7. The summed E-state index contributed by atoms with van der Waals surface area (Å²) in [5.74, 6) is 1.40. The molecule has 0 saturated heterocycles. The minimum atomic E-state index is -0.511.